The van der Waals surface area contributed by atoms with Crippen molar-refractivity contribution in [3.05, 3.63) is 59.1 Å². The van der Waals surface area contributed by atoms with Crippen molar-refractivity contribution in [1.82, 2.24) is 14.7 Å². The first-order valence-electron chi connectivity index (χ1n) is 7.58. The van der Waals surface area contributed by atoms with E-state index in [2.05, 4.69) is 10.3 Å². The van der Waals surface area contributed by atoms with E-state index in [1.807, 2.05) is 29.1 Å². The Morgan fingerprint density at radius 1 is 1.39 bits per heavy atom. The molecule has 3 aromatic rings. The summed E-state index contributed by atoms with van der Waals surface area (Å²) >= 11 is 1.56. The third-order valence-corrected chi connectivity index (χ3v) is 5.26. The number of carbonyl (C=O) groups excluding carboxylic acids is 1. The summed E-state index contributed by atoms with van der Waals surface area (Å²) in [6.45, 7) is 1.94. The van der Waals surface area contributed by atoms with E-state index in [0.29, 0.717) is 0 Å². The SMILES string of the molecule is C[C@@H](NC(=O)C1(c2ccc(F)cc2)CC1)c1cn2ccsc2n1. The zero-order valence-electron chi connectivity index (χ0n) is 12.6. The number of hydrogen-bond donors (Lipinski definition) is 1. The smallest absolute Gasteiger partial charge is 0.231 e. The summed E-state index contributed by atoms with van der Waals surface area (Å²) in [5.41, 5.74) is 1.23. The minimum Gasteiger partial charge on any atom is -0.347 e. The maximum absolute atomic E-state index is 13.1. The van der Waals surface area contributed by atoms with Crippen molar-refractivity contribution in [1.29, 1.82) is 0 Å². The summed E-state index contributed by atoms with van der Waals surface area (Å²) < 4.78 is 15.0. The van der Waals surface area contributed by atoms with E-state index in [4.69, 9.17) is 0 Å². The molecule has 1 aromatic carbocycles. The maximum Gasteiger partial charge on any atom is 0.231 e. The lowest BCUT2D eigenvalue weighted by molar-refractivity contribution is -0.124. The Morgan fingerprint density at radius 2 is 2.13 bits per heavy atom. The van der Waals surface area contributed by atoms with Crippen LogP contribution in [-0.4, -0.2) is 15.3 Å². The van der Waals surface area contributed by atoms with Crippen LogP contribution >= 0.6 is 11.3 Å². The molecule has 0 aliphatic heterocycles. The zero-order chi connectivity index (χ0) is 16.0. The molecule has 23 heavy (non-hydrogen) atoms. The van der Waals surface area contributed by atoms with Gasteiger partial charge in [0.15, 0.2) is 4.96 Å². The number of aromatic nitrogens is 2. The van der Waals surface area contributed by atoms with Crippen molar-refractivity contribution >= 4 is 22.2 Å². The molecule has 1 aliphatic rings. The summed E-state index contributed by atoms with van der Waals surface area (Å²) in [5, 5.41) is 5.03. The Hall–Kier alpha value is -2.21. The molecule has 4 nitrogen and oxygen atoms in total. The van der Waals surface area contributed by atoms with Gasteiger partial charge in [0.05, 0.1) is 17.2 Å². The van der Waals surface area contributed by atoms with Crippen molar-refractivity contribution in [2.24, 2.45) is 0 Å². The molecule has 1 aliphatic carbocycles. The molecule has 0 saturated heterocycles. The summed E-state index contributed by atoms with van der Waals surface area (Å²) in [6.07, 6.45) is 5.49. The summed E-state index contributed by atoms with van der Waals surface area (Å²) in [7, 11) is 0. The van der Waals surface area contributed by atoms with E-state index in [-0.39, 0.29) is 17.8 Å². The molecule has 0 unspecified atom stereocenters. The molecule has 118 valence electrons. The lowest BCUT2D eigenvalue weighted by Gasteiger charge is -2.19. The highest BCUT2D eigenvalue weighted by molar-refractivity contribution is 7.15. The van der Waals surface area contributed by atoms with Gasteiger partial charge < -0.3 is 5.32 Å². The van der Waals surface area contributed by atoms with Gasteiger partial charge in [-0.05, 0) is 37.5 Å². The monoisotopic (exact) mass is 329 g/mol. The Balaban J connectivity index is 1.52. The van der Waals surface area contributed by atoms with Crippen LogP contribution in [0.1, 0.15) is 37.1 Å². The first kappa shape index (κ1) is 14.4. The number of imidazole rings is 1. The van der Waals surface area contributed by atoms with Gasteiger partial charge in [-0.2, -0.15) is 0 Å². The second-order valence-corrected chi connectivity index (χ2v) is 6.92. The van der Waals surface area contributed by atoms with Crippen molar-refractivity contribution in [2.75, 3.05) is 0 Å². The van der Waals surface area contributed by atoms with Gasteiger partial charge in [0.1, 0.15) is 5.82 Å². The van der Waals surface area contributed by atoms with E-state index in [1.54, 1.807) is 23.5 Å². The minimum absolute atomic E-state index is 0.00652. The van der Waals surface area contributed by atoms with Crippen molar-refractivity contribution in [3.63, 3.8) is 0 Å². The fourth-order valence-electron chi connectivity index (χ4n) is 2.90. The van der Waals surface area contributed by atoms with Gasteiger partial charge in [0, 0.05) is 17.8 Å². The van der Waals surface area contributed by atoms with Crippen LogP contribution in [0.25, 0.3) is 4.96 Å². The number of fused-ring (bicyclic) bond motifs is 1. The van der Waals surface area contributed by atoms with Crippen LogP contribution in [0.4, 0.5) is 4.39 Å². The topological polar surface area (TPSA) is 46.4 Å². The van der Waals surface area contributed by atoms with Crippen LogP contribution < -0.4 is 5.32 Å². The lowest BCUT2D eigenvalue weighted by atomic mass is 9.94. The van der Waals surface area contributed by atoms with E-state index >= 15 is 0 Å². The quantitative estimate of drug-likeness (QED) is 0.797. The average Bonchev–Trinajstić information content (AvgIpc) is 3.06. The number of hydrogen-bond acceptors (Lipinski definition) is 3. The van der Waals surface area contributed by atoms with Gasteiger partial charge in [0.25, 0.3) is 0 Å². The lowest BCUT2D eigenvalue weighted by Crippen LogP contribution is -2.36. The van der Waals surface area contributed by atoms with Crippen LogP contribution in [0.5, 0.6) is 0 Å². The molecule has 0 radical (unpaired) electrons. The predicted molar refractivity (Wildman–Crippen MR) is 86.9 cm³/mol. The summed E-state index contributed by atoms with van der Waals surface area (Å²) in [6, 6.07) is 6.08. The highest BCUT2D eigenvalue weighted by atomic mass is 32.1. The molecule has 4 rings (SSSR count). The first-order chi connectivity index (χ1) is 11.1. The molecule has 1 atom stereocenters. The van der Waals surface area contributed by atoms with Gasteiger partial charge in [0.2, 0.25) is 5.91 Å². The normalized spacial score (nSPS) is 17.1. The first-order valence-corrected chi connectivity index (χ1v) is 8.45. The zero-order valence-corrected chi connectivity index (χ0v) is 13.4. The number of benzene rings is 1. The summed E-state index contributed by atoms with van der Waals surface area (Å²) in [5.74, 6) is -0.288. The van der Waals surface area contributed by atoms with E-state index in [0.717, 1.165) is 29.1 Å². The highest BCUT2D eigenvalue weighted by Crippen LogP contribution is 2.48. The third kappa shape index (κ3) is 2.43. The van der Waals surface area contributed by atoms with Gasteiger partial charge in [-0.25, -0.2) is 9.37 Å². The van der Waals surface area contributed by atoms with Crippen molar-refractivity contribution in [3.8, 4) is 0 Å². The largest absolute Gasteiger partial charge is 0.347 e. The van der Waals surface area contributed by atoms with Gasteiger partial charge in [-0.15, -0.1) is 11.3 Å². The number of nitrogens with one attached hydrogen (secondary N) is 1. The van der Waals surface area contributed by atoms with Crippen molar-refractivity contribution < 1.29 is 9.18 Å². The Labute approximate surface area is 137 Å². The van der Waals surface area contributed by atoms with Crippen LogP contribution in [0.3, 0.4) is 0 Å². The highest BCUT2D eigenvalue weighted by Gasteiger charge is 2.51. The van der Waals surface area contributed by atoms with Gasteiger partial charge in [-0.1, -0.05) is 12.1 Å². The van der Waals surface area contributed by atoms with E-state index in [1.165, 1.54) is 12.1 Å². The van der Waals surface area contributed by atoms with Gasteiger partial charge >= 0.3 is 0 Å². The molecule has 0 spiro atoms. The van der Waals surface area contributed by atoms with Crippen LogP contribution in [0.2, 0.25) is 0 Å². The van der Waals surface area contributed by atoms with Gasteiger partial charge in [-0.3, -0.25) is 9.20 Å². The van der Waals surface area contributed by atoms with Crippen LogP contribution in [0.15, 0.2) is 42.0 Å². The average molecular weight is 329 g/mol. The number of amides is 1. The maximum atomic E-state index is 13.1. The fourth-order valence-corrected chi connectivity index (χ4v) is 3.61. The fraction of sp³-hybridized carbons (Fsp3) is 0.294. The number of halogens is 1. The second kappa shape index (κ2) is 5.16. The minimum atomic E-state index is -0.501. The molecular formula is C17H16FN3OS. The molecular weight excluding hydrogens is 313 g/mol. The number of nitrogens with zero attached hydrogens (tertiary/aromatic N) is 2. The molecule has 1 saturated carbocycles. The second-order valence-electron chi connectivity index (χ2n) is 6.04. The van der Waals surface area contributed by atoms with Crippen LogP contribution in [0, 0.1) is 5.82 Å². The summed E-state index contributed by atoms with van der Waals surface area (Å²) in [4.78, 5) is 18.2. The Kier molecular flexibility index (Phi) is 3.23. The molecule has 1 amide bonds. The van der Waals surface area contributed by atoms with Crippen LogP contribution in [-0.2, 0) is 10.2 Å². The molecule has 6 heteroatoms. The molecule has 2 heterocycles. The molecule has 1 N–H and O–H groups in total. The molecule has 1 fully saturated rings. The Bertz CT molecular complexity index is 835. The Morgan fingerprint density at radius 3 is 2.78 bits per heavy atom. The number of carbonyl (C=O) groups is 1. The van der Waals surface area contributed by atoms with Crippen molar-refractivity contribution in [2.45, 2.75) is 31.2 Å². The van der Waals surface area contributed by atoms with E-state index < -0.39 is 5.41 Å². The molecule has 2 aromatic heterocycles. The van der Waals surface area contributed by atoms with E-state index in [9.17, 15) is 9.18 Å². The molecule has 0 bridgehead atoms. The number of rotatable bonds is 4. The number of thiazole rings is 1. The standard InChI is InChI=1S/C17H16FN3OS/c1-11(14-10-21-8-9-23-16(21)20-14)19-15(22)17(6-7-17)12-2-4-13(18)5-3-12/h2-5,8-11H,6-7H2,1H3,(H,19,22)/t11-/m1/s1. The predicted octanol–water partition coefficient (Wildman–Crippen LogP) is 3.44. The third-order valence-electron chi connectivity index (χ3n) is 4.48.